The lowest BCUT2D eigenvalue weighted by molar-refractivity contribution is -0.117. The standard InChI is InChI=1S/C25H17ClN2O4/c1-14-4-7-18(8-5-14)28-22(15-3-2-10-27-13-15)21(24(30)25(28)31)23(29)20-12-16-11-17(26)6-9-19(16)32-20/h2-13,22,30H,1H3. The highest BCUT2D eigenvalue weighted by Gasteiger charge is 2.45. The molecule has 32 heavy (non-hydrogen) atoms. The summed E-state index contributed by atoms with van der Waals surface area (Å²) in [5.74, 6) is -1.84. The van der Waals surface area contributed by atoms with Crippen LogP contribution in [-0.4, -0.2) is 21.8 Å². The van der Waals surface area contributed by atoms with Crippen molar-refractivity contribution in [2.45, 2.75) is 13.0 Å². The van der Waals surface area contributed by atoms with Crippen LogP contribution < -0.4 is 4.90 Å². The number of hydrogen-bond donors (Lipinski definition) is 1. The van der Waals surface area contributed by atoms with Gasteiger partial charge in [-0.15, -0.1) is 0 Å². The zero-order valence-electron chi connectivity index (χ0n) is 16.9. The van der Waals surface area contributed by atoms with E-state index in [1.165, 1.54) is 4.90 Å². The molecule has 1 aliphatic rings. The molecule has 0 spiro atoms. The molecule has 158 valence electrons. The number of rotatable bonds is 4. The topological polar surface area (TPSA) is 83.6 Å². The van der Waals surface area contributed by atoms with Crippen molar-refractivity contribution in [3.63, 3.8) is 0 Å². The number of Topliss-reactive ketones (excluding diaryl/α,β-unsaturated/α-hetero) is 1. The molecule has 0 saturated heterocycles. The molecule has 0 fully saturated rings. The lowest BCUT2D eigenvalue weighted by Crippen LogP contribution is -2.31. The van der Waals surface area contributed by atoms with Crippen molar-refractivity contribution in [1.82, 2.24) is 4.98 Å². The third kappa shape index (κ3) is 3.25. The van der Waals surface area contributed by atoms with Crippen molar-refractivity contribution >= 4 is 39.9 Å². The Hall–Kier alpha value is -3.90. The maximum atomic E-state index is 13.5. The molecule has 1 unspecified atom stereocenters. The molecule has 0 bridgehead atoms. The van der Waals surface area contributed by atoms with Gasteiger partial charge in [-0.05, 0) is 55.0 Å². The monoisotopic (exact) mass is 444 g/mol. The van der Waals surface area contributed by atoms with E-state index in [-0.39, 0.29) is 11.3 Å². The second-order valence-corrected chi connectivity index (χ2v) is 8.02. The number of carbonyl (C=O) groups excluding carboxylic acids is 2. The number of anilines is 1. The van der Waals surface area contributed by atoms with Crippen LogP contribution >= 0.6 is 11.6 Å². The van der Waals surface area contributed by atoms with Crippen molar-refractivity contribution in [3.8, 4) is 0 Å². The van der Waals surface area contributed by atoms with Gasteiger partial charge in [0.15, 0.2) is 11.5 Å². The Bertz CT molecular complexity index is 1390. The van der Waals surface area contributed by atoms with Crippen LogP contribution in [0.2, 0.25) is 5.02 Å². The Labute approximate surface area is 188 Å². The number of ketones is 1. The summed E-state index contributed by atoms with van der Waals surface area (Å²) >= 11 is 6.04. The van der Waals surface area contributed by atoms with Gasteiger partial charge in [-0.2, -0.15) is 0 Å². The molecule has 1 atom stereocenters. The minimum Gasteiger partial charge on any atom is -0.503 e. The Morgan fingerprint density at radius 2 is 1.91 bits per heavy atom. The number of aliphatic hydroxyl groups is 1. The van der Waals surface area contributed by atoms with Gasteiger partial charge in [-0.3, -0.25) is 19.5 Å². The maximum Gasteiger partial charge on any atom is 0.294 e. The molecule has 4 aromatic rings. The number of fused-ring (bicyclic) bond motifs is 1. The Morgan fingerprint density at radius 3 is 2.62 bits per heavy atom. The van der Waals surface area contributed by atoms with Gasteiger partial charge in [0.25, 0.3) is 5.91 Å². The van der Waals surface area contributed by atoms with Crippen molar-refractivity contribution in [1.29, 1.82) is 0 Å². The van der Waals surface area contributed by atoms with Gasteiger partial charge in [-0.25, -0.2) is 0 Å². The molecule has 0 aliphatic carbocycles. The second-order valence-electron chi connectivity index (χ2n) is 7.58. The molecule has 0 radical (unpaired) electrons. The molecule has 3 heterocycles. The largest absolute Gasteiger partial charge is 0.503 e. The normalized spacial score (nSPS) is 16.2. The summed E-state index contributed by atoms with van der Waals surface area (Å²) in [4.78, 5) is 32.2. The smallest absolute Gasteiger partial charge is 0.294 e. The first kappa shape index (κ1) is 20.0. The van der Waals surface area contributed by atoms with Crippen LogP contribution in [0.4, 0.5) is 5.69 Å². The molecular weight excluding hydrogens is 428 g/mol. The first-order valence-electron chi connectivity index (χ1n) is 9.91. The van der Waals surface area contributed by atoms with E-state index >= 15 is 0 Å². The summed E-state index contributed by atoms with van der Waals surface area (Å²) in [7, 11) is 0. The van der Waals surface area contributed by atoms with E-state index in [1.54, 1.807) is 60.9 Å². The highest BCUT2D eigenvalue weighted by atomic mass is 35.5. The van der Waals surface area contributed by atoms with Crippen LogP contribution in [-0.2, 0) is 4.79 Å². The second kappa shape index (κ2) is 7.66. The zero-order valence-corrected chi connectivity index (χ0v) is 17.7. The quantitative estimate of drug-likeness (QED) is 0.416. The van der Waals surface area contributed by atoms with E-state index in [9.17, 15) is 14.7 Å². The minimum absolute atomic E-state index is 0.0104. The molecular formula is C25H17ClN2O4. The minimum atomic E-state index is -0.858. The zero-order chi connectivity index (χ0) is 22.4. The van der Waals surface area contributed by atoms with Gasteiger partial charge in [-0.1, -0.05) is 35.4 Å². The molecule has 1 amide bonds. The number of aryl methyl sites for hydroxylation is 1. The first-order chi connectivity index (χ1) is 15.4. The number of hydrogen-bond acceptors (Lipinski definition) is 5. The van der Waals surface area contributed by atoms with Crippen LogP contribution in [0.15, 0.2) is 88.8 Å². The third-order valence-electron chi connectivity index (χ3n) is 5.47. The number of halogens is 1. The van der Waals surface area contributed by atoms with Gasteiger partial charge in [0.2, 0.25) is 5.78 Å². The summed E-state index contributed by atoms with van der Waals surface area (Å²) in [6.45, 7) is 1.94. The highest BCUT2D eigenvalue weighted by Crippen LogP contribution is 2.42. The van der Waals surface area contributed by atoms with Crippen molar-refractivity contribution in [3.05, 3.63) is 106 Å². The fourth-order valence-electron chi connectivity index (χ4n) is 3.92. The predicted molar refractivity (Wildman–Crippen MR) is 121 cm³/mol. The van der Waals surface area contributed by atoms with Crippen LogP contribution in [0.5, 0.6) is 0 Å². The van der Waals surface area contributed by atoms with E-state index in [2.05, 4.69) is 4.98 Å². The summed E-state index contributed by atoms with van der Waals surface area (Å²) in [5, 5.41) is 12.0. The summed E-state index contributed by atoms with van der Waals surface area (Å²) in [6.07, 6.45) is 3.17. The Kier molecular flexibility index (Phi) is 4.79. The molecule has 2 aromatic heterocycles. The fraction of sp³-hybridized carbons (Fsp3) is 0.0800. The first-order valence-corrected chi connectivity index (χ1v) is 10.3. The fourth-order valence-corrected chi connectivity index (χ4v) is 4.10. The van der Waals surface area contributed by atoms with E-state index in [0.717, 1.165) is 5.56 Å². The van der Waals surface area contributed by atoms with E-state index in [1.807, 2.05) is 19.1 Å². The van der Waals surface area contributed by atoms with Gasteiger partial charge in [0, 0.05) is 28.5 Å². The van der Waals surface area contributed by atoms with Crippen molar-refractivity contribution < 1.29 is 19.1 Å². The molecule has 6 nitrogen and oxygen atoms in total. The van der Waals surface area contributed by atoms with Crippen molar-refractivity contribution in [2.75, 3.05) is 4.90 Å². The Balaban J connectivity index is 1.65. The van der Waals surface area contributed by atoms with E-state index in [0.29, 0.717) is 27.2 Å². The lowest BCUT2D eigenvalue weighted by atomic mass is 9.96. The average molecular weight is 445 g/mol. The van der Waals surface area contributed by atoms with Gasteiger partial charge in [0.1, 0.15) is 5.58 Å². The molecule has 7 heteroatoms. The van der Waals surface area contributed by atoms with Crippen LogP contribution in [0.1, 0.15) is 27.7 Å². The number of nitrogens with zero attached hydrogens (tertiary/aromatic N) is 2. The number of pyridine rings is 1. The van der Waals surface area contributed by atoms with Crippen LogP contribution in [0, 0.1) is 6.92 Å². The summed E-state index contributed by atoms with van der Waals surface area (Å²) < 4.78 is 5.72. The number of benzene rings is 2. The number of aromatic nitrogens is 1. The van der Waals surface area contributed by atoms with Crippen LogP contribution in [0.25, 0.3) is 11.0 Å². The molecule has 2 aromatic carbocycles. The third-order valence-corrected chi connectivity index (χ3v) is 5.70. The predicted octanol–water partition coefficient (Wildman–Crippen LogP) is 5.57. The summed E-state index contributed by atoms with van der Waals surface area (Å²) in [6, 6.07) is 16.5. The molecule has 1 N–H and O–H groups in total. The van der Waals surface area contributed by atoms with Crippen LogP contribution in [0.3, 0.4) is 0 Å². The van der Waals surface area contributed by atoms with E-state index in [4.69, 9.17) is 16.0 Å². The number of amides is 1. The number of furan rings is 1. The Morgan fingerprint density at radius 1 is 1.12 bits per heavy atom. The number of carbonyl (C=O) groups is 2. The maximum absolute atomic E-state index is 13.5. The average Bonchev–Trinajstić information content (AvgIpc) is 3.33. The highest BCUT2D eigenvalue weighted by molar-refractivity contribution is 6.31. The number of aliphatic hydroxyl groups excluding tert-OH is 1. The molecule has 1 aliphatic heterocycles. The van der Waals surface area contributed by atoms with Gasteiger partial charge >= 0.3 is 0 Å². The van der Waals surface area contributed by atoms with Gasteiger partial charge in [0.05, 0.1) is 11.6 Å². The summed E-state index contributed by atoms with van der Waals surface area (Å²) in [5.41, 5.74) is 2.59. The SMILES string of the molecule is Cc1ccc(N2C(=O)C(O)=C(C(=O)c3cc4cc(Cl)ccc4o3)C2c2cccnc2)cc1. The molecule has 0 saturated carbocycles. The molecule has 5 rings (SSSR count). The lowest BCUT2D eigenvalue weighted by Gasteiger charge is -2.26. The van der Waals surface area contributed by atoms with E-state index < -0.39 is 23.5 Å². The van der Waals surface area contributed by atoms with Crippen molar-refractivity contribution in [2.24, 2.45) is 0 Å². The van der Waals surface area contributed by atoms with Gasteiger partial charge < -0.3 is 9.52 Å².